The molecule has 1 aromatic rings. The van der Waals surface area contributed by atoms with Gasteiger partial charge >= 0.3 is 0 Å². The van der Waals surface area contributed by atoms with Crippen molar-refractivity contribution >= 4 is 15.9 Å². The van der Waals surface area contributed by atoms with Crippen LogP contribution in [0.5, 0.6) is 5.75 Å². The maximum atomic E-state index is 6.13. The van der Waals surface area contributed by atoms with Crippen LogP contribution in [0.4, 0.5) is 0 Å². The largest absolute Gasteiger partial charge is 0.493 e. The predicted molar refractivity (Wildman–Crippen MR) is 89.9 cm³/mol. The topological polar surface area (TPSA) is 30.5 Å². The smallest absolute Gasteiger partial charge is 0.125 e. The monoisotopic (exact) mass is 355 g/mol. The van der Waals surface area contributed by atoms with Crippen LogP contribution in [-0.2, 0) is 4.74 Å². The van der Waals surface area contributed by atoms with E-state index in [4.69, 9.17) is 9.47 Å². The molecule has 0 aliphatic carbocycles. The summed E-state index contributed by atoms with van der Waals surface area (Å²) in [5, 5.41) is 3.53. The van der Waals surface area contributed by atoms with Gasteiger partial charge in [-0.1, -0.05) is 28.9 Å². The maximum absolute atomic E-state index is 6.13. The Hall–Kier alpha value is -0.580. The second kappa shape index (κ2) is 8.76. The maximum Gasteiger partial charge on any atom is 0.125 e. The molecule has 1 atom stereocenters. The van der Waals surface area contributed by atoms with E-state index in [0.717, 1.165) is 55.9 Å². The highest BCUT2D eigenvalue weighted by Crippen LogP contribution is 2.29. The zero-order valence-corrected chi connectivity index (χ0v) is 14.6. The number of benzene rings is 1. The number of hydrogen-bond donors (Lipinski definition) is 1. The fourth-order valence-corrected chi connectivity index (χ4v) is 2.92. The molecule has 1 aromatic carbocycles. The van der Waals surface area contributed by atoms with Crippen molar-refractivity contribution in [2.75, 3.05) is 26.4 Å². The number of halogens is 1. The Morgan fingerprint density at radius 3 is 2.86 bits per heavy atom. The average Bonchev–Trinajstić information content (AvgIpc) is 2.51. The fraction of sp³-hybridized carbons (Fsp3) is 0.647. The Morgan fingerprint density at radius 2 is 2.14 bits per heavy atom. The highest BCUT2D eigenvalue weighted by atomic mass is 79.9. The summed E-state index contributed by atoms with van der Waals surface area (Å²) in [5.41, 5.74) is 1.23. The quantitative estimate of drug-likeness (QED) is 0.790. The van der Waals surface area contributed by atoms with Crippen LogP contribution in [0.2, 0.25) is 0 Å². The van der Waals surface area contributed by atoms with E-state index in [-0.39, 0.29) is 0 Å². The lowest BCUT2D eigenvalue weighted by atomic mass is 10.0. The Balaban J connectivity index is 2.00. The molecule has 1 heterocycles. The van der Waals surface area contributed by atoms with Gasteiger partial charge in [0.1, 0.15) is 5.75 Å². The van der Waals surface area contributed by atoms with Crippen molar-refractivity contribution < 1.29 is 9.47 Å². The van der Waals surface area contributed by atoms with Gasteiger partial charge < -0.3 is 14.8 Å². The van der Waals surface area contributed by atoms with Gasteiger partial charge in [0, 0.05) is 29.3 Å². The molecule has 1 fully saturated rings. The summed E-state index contributed by atoms with van der Waals surface area (Å²) < 4.78 is 12.6. The Labute approximate surface area is 136 Å². The lowest BCUT2D eigenvalue weighted by molar-refractivity contribution is 0.0495. The third kappa shape index (κ3) is 5.28. The number of hydrogen-bond acceptors (Lipinski definition) is 3. The molecule has 118 valence electrons. The number of rotatable bonds is 7. The second-order valence-electron chi connectivity index (χ2n) is 5.72. The van der Waals surface area contributed by atoms with Crippen molar-refractivity contribution in [3.8, 4) is 5.75 Å². The average molecular weight is 356 g/mol. The minimum atomic E-state index is 0.308. The van der Waals surface area contributed by atoms with E-state index in [9.17, 15) is 0 Å². The van der Waals surface area contributed by atoms with E-state index in [1.165, 1.54) is 5.56 Å². The number of nitrogens with one attached hydrogen (secondary N) is 1. The summed E-state index contributed by atoms with van der Waals surface area (Å²) in [4.78, 5) is 0. The molecule has 0 bridgehead atoms. The van der Waals surface area contributed by atoms with Crippen LogP contribution in [0.15, 0.2) is 22.7 Å². The van der Waals surface area contributed by atoms with Gasteiger partial charge in [0.05, 0.1) is 6.61 Å². The first-order valence-electron chi connectivity index (χ1n) is 7.94. The van der Waals surface area contributed by atoms with Crippen LogP contribution in [-0.4, -0.2) is 26.4 Å². The van der Waals surface area contributed by atoms with Crippen molar-refractivity contribution in [1.29, 1.82) is 0 Å². The highest BCUT2D eigenvalue weighted by Gasteiger charge is 2.17. The molecule has 4 heteroatoms. The van der Waals surface area contributed by atoms with Gasteiger partial charge in [-0.05, 0) is 50.8 Å². The zero-order valence-electron chi connectivity index (χ0n) is 13.0. The molecule has 21 heavy (non-hydrogen) atoms. The summed E-state index contributed by atoms with van der Waals surface area (Å²) in [7, 11) is 0. The molecule has 0 saturated carbocycles. The number of ether oxygens (including phenoxy) is 2. The minimum absolute atomic E-state index is 0.308. The van der Waals surface area contributed by atoms with Gasteiger partial charge in [-0.2, -0.15) is 0 Å². The van der Waals surface area contributed by atoms with Crippen molar-refractivity contribution in [1.82, 2.24) is 5.32 Å². The lowest BCUT2D eigenvalue weighted by Crippen LogP contribution is -2.23. The summed E-state index contributed by atoms with van der Waals surface area (Å²) >= 11 is 3.54. The molecule has 0 aromatic heterocycles. The normalized spacial score (nSPS) is 17.7. The third-order valence-corrected chi connectivity index (χ3v) is 4.45. The van der Waals surface area contributed by atoms with Crippen LogP contribution in [0.3, 0.4) is 0 Å². The van der Waals surface area contributed by atoms with Crippen molar-refractivity contribution in [2.24, 2.45) is 5.92 Å². The first-order chi connectivity index (χ1) is 10.2. The molecule has 1 aliphatic rings. The standard InChI is InChI=1S/C17H26BrNO2/c1-3-8-19-13(2)16-5-4-15(18)11-17(16)21-12-14-6-9-20-10-7-14/h4-5,11,13-14,19H,3,6-10,12H2,1-2H3. The highest BCUT2D eigenvalue weighted by molar-refractivity contribution is 9.10. The summed E-state index contributed by atoms with van der Waals surface area (Å²) in [6.45, 7) is 7.93. The lowest BCUT2D eigenvalue weighted by Gasteiger charge is -2.24. The van der Waals surface area contributed by atoms with Crippen molar-refractivity contribution in [3.63, 3.8) is 0 Å². The first-order valence-corrected chi connectivity index (χ1v) is 8.73. The van der Waals surface area contributed by atoms with E-state index in [1.54, 1.807) is 0 Å². The molecule has 0 radical (unpaired) electrons. The molecule has 2 rings (SSSR count). The van der Waals surface area contributed by atoms with Gasteiger partial charge in [0.15, 0.2) is 0 Å². The third-order valence-electron chi connectivity index (χ3n) is 3.96. The molecular formula is C17H26BrNO2. The summed E-state index contributed by atoms with van der Waals surface area (Å²) in [6, 6.07) is 6.62. The first kappa shape index (κ1) is 16.8. The SMILES string of the molecule is CCCNC(C)c1ccc(Br)cc1OCC1CCOCC1. The van der Waals surface area contributed by atoms with E-state index in [2.05, 4.69) is 53.3 Å². The van der Waals surface area contributed by atoms with Crippen molar-refractivity contribution in [3.05, 3.63) is 28.2 Å². The molecule has 0 spiro atoms. The zero-order chi connectivity index (χ0) is 15.1. The van der Waals surface area contributed by atoms with Crippen LogP contribution in [0, 0.1) is 5.92 Å². The molecule has 3 nitrogen and oxygen atoms in total. The van der Waals surface area contributed by atoms with Gasteiger partial charge in [-0.15, -0.1) is 0 Å². The van der Waals surface area contributed by atoms with E-state index in [0.29, 0.717) is 12.0 Å². The molecular weight excluding hydrogens is 330 g/mol. The Morgan fingerprint density at radius 1 is 1.38 bits per heavy atom. The van der Waals surface area contributed by atoms with Crippen LogP contribution >= 0.6 is 15.9 Å². The Bertz CT molecular complexity index is 433. The van der Waals surface area contributed by atoms with E-state index < -0.39 is 0 Å². The van der Waals surface area contributed by atoms with E-state index >= 15 is 0 Å². The second-order valence-corrected chi connectivity index (χ2v) is 6.64. The predicted octanol–water partition coefficient (Wildman–Crippen LogP) is 4.32. The van der Waals surface area contributed by atoms with Crippen LogP contribution in [0.25, 0.3) is 0 Å². The van der Waals surface area contributed by atoms with Gasteiger partial charge in [0.2, 0.25) is 0 Å². The fourth-order valence-electron chi connectivity index (χ4n) is 2.58. The van der Waals surface area contributed by atoms with Crippen molar-refractivity contribution in [2.45, 2.75) is 39.2 Å². The molecule has 0 amide bonds. The van der Waals surface area contributed by atoms with E-state index in [1.807, 2.05) is 0 Å². The molecule has 1 aliphatic heterocycles. The molecule has 1 unspecified atom stereocenters. The molecule has 1 N–H and O–H groups in total. The van der Waals surface area contributed by atoms with Gasteiger partial charge in [-0.25, -0.2) is 0 Å². The molecule has 1 saturated heterocycles. The van der Waals surface area contributed by atoms with Crippen LogP contribution < -0.4 is 10.1 Å². The summed E-state index contributed by atoms with van der Waals surface area (Å²) in [5.74, 6) is 1.61. The summed E-state index contributed by atoms with van der Waals surface area (Å²) in [6.07, 6.45) is 3.35. The Kier molecular flexibility index (Phi) is 7.00. The minimum Gasteiger partial charge on any atom is -0.493 e. The van der Waals surface area contributed by atoms with Gasteiger partial charge in [-0.3, -0.25) is 0 Å². The van der Waals surface area contributed by atoms with Gasteiger partial charge in [0.25, 0.3) is 0 Å². The van der Waals surface area contributed by atoms with Crippen LogP contribution in [0.1, 0.15) is 44.7 Å².